The predicted molar refractivity (Wildman–Crippen MR) is 114 cm³/mol. The van der Waals surface area contributed by atoms with Gasteiger partial charge in [0.1, 0.15) is 5.82 Å². The van der Waals surface area contributed by atoms with Crippen LogP contribution >= 0.6 is 0 Å². The van der Waals surface area contributed by atoms with E-state index >= 15 is 0 Å². The van der Waals surface area contributed by atoms with Crippen molar-refractivity contribution in [3.8, 4) is 22.6 Å². The van der Waals surface area contributed by atoms with Crippen LogP contribution in [0.25, 0.3) is 28.3 Å². The molecule has 0 radical (unpaired) electrons. The molecule has 3 heterocycles. The summed E-state index contributed by atoms with van der Waals surface area (Å²) in [5, 5.41) is 15.8. The number of rotatable bonds is 4. The summed E-state index contributed by atoms with van der Waals surface area (Å²) in [6, 6.07) is 20.4. The van der Waals surface area contributed by atoms with E-state index in [1.807, 2.05) is 30.3 Å². The summed E-state index contributed by atoms with van der Waals surface area (Å²) >= 11 is 0. The van der Waals surface area contributed by atoms with Gasteiger partial charge in [0, 0.05) is 29.2 Å². The highest BCUT2D eigenvalue weighted by atomic mass is 19.1. The van der Waals surface area contributed by atoms with Gasteiger partial charge in [-0.25, -0.2) is 4.39 Å². The number of benzene rings is 2. The number of aromatic nitrogens is 5. The molecule has 0 fully saturated rings. The number of pyridine rings is 1. The fraction of sp³-hybridized carbons (Fsp3) is 0. The molecule has 0 saturated carbocycles. The molecule has 5 aromatic rings. The van der Waals surface area contributed by atoms with Gasteiger partial charge < -0.3 is 5.32 Å². The SMILES string of the molecule is O=C(Nc1cccc(-c2ccc3nnc(-c4cccnc4)n3n2)c1)c1ccccc1F. The number of carbonyl (C=O) groups excluding carboxylic acids is 1. The van der Waals surface area contributed by atoms with Crippen LogP contribution in [0.15, 0.2) is 85.2 Å². The quantitative estimate of drug-likeness (QED) is 0.479. The molecule has 1 amide bonds. The zero-order valence-electron chi connectivity index (χ0n) is 16.1. The first-order valence-electron chi connectivity index (χ1n) is 9.48. The van der Waals surface area contributed by atoms with Crippen molar-refractivity contribution >= 4 is 17.2 Å². The molecule has 0 saturated heterocycles. The number of fused-ring (bicyclic) bond motifs is 1. The number of carbonyl (C=O) groups is 1. The zero-order valence-corrected chi connectivity index (χ0v) is 16.1. The van der Waals surface area contributed by atoms with Crippen LogP contribution in [0.5, 0.6) is 0 Å². The van der Waals surface area contributed by atoms with Gasteiger partial charge in [-0.1, -0.05) is 24.3 Å². The van der Waals surface area contributed by atoms with Crippen LogP contribution in [0.2, 0.25) is 0 Å². The molecule has 8 heteroatoms. The summed E-state index contributed by atoms with van der Waals surface area (Å²) in [4.78, 5) is 16.6. The van der Waals surface area contributed by atoms with Crippen LogP contribution in [-0.2, 0) is 0 Å². The van der Waals surface area contributed by atoms with Crippen LogP contribution in [-0.4, -0.2) is 30.7 Å². The fourth-order valence-corrected chi connectivity index (χ4v) is 3.22. The van der Waals surface area contributed by atoms with Crippen molar-refractivity contribution < 1.29 is 9.18 Å². The fourth-order valence-electron chi connectivity index (χ4n) is 3.22. The van der Waals surface area contributed by atoms with E-state index in [2.05, 4.69) is 25.6 Å². The van der Waals surface area contributed by atoms with Gasteiger partial charge in [0.25, 0.3) is 5.91 Å². The molecule has 0 aliphatic heterocycles. The van der Waals surface area contributed by atoms with E-state index in [-0.39, 0.29) is 5.56 Å². The van der Waals surface area contributed by atoms with Crippen molar-refractivity contribution in [2.24, 2.45) is 0 Å². The molecule has 31 heavy (non-hydrogen) atoms. The maximum Gasteiger partial charge on any atom is 0.258 e. The number of nitrogens with one attached hydrogen (secondary N) is 1. The summed E-state index contributed by atoms with van der Waals surface area (Å²) in [5.74, 6) is -0.510. The van der Waals surface area contributed by atoms with Gasteiger partial charge in [0.05, 0.1) is 11.3 Å². The Morgan fingerprint density at radius 2 is 1.77 bits per heavy atom. The lowest BCUT2D eigenvalue weighted by Gasteiger charge is -2.08. The summed E-state index contributed by atoms with van der Waals surface area (Å²) in [6.45, 7) is 0. The second-order valence-corrected chi connectivity index (χ2v) is 6.77. The lowest BCUT2D eigenvalue weighted by Crippen LogP contribution is -2.13. The molecule has 7 nitrogen and oxygen atoms in total. The largest absolute Gasteiger partial charge is 0.322 e. The van der Waals surface area contributed by atoms with Crippen LogP contribution in [0.1, 0.15) is 10.4 Å². The molecule has 0 aliphatic rings. The van der Waals surface area contributed by atoms with Gasteiger partial charge in [-0.3, -0.25) is 9.78 Å². The summed E-state index contributed by atoms with van der Waals surface area (Å²) in [5.41, 5.74) is 3.36. The lowest BCUT2D eigenvalue weighted by molar-refractivity contribution is 0.102. The van der Waals surface area contributed by atoms with E-state index < -0.39 is 11.7 Å². The Bertz CT molecular complexity index is 1400. The van der Waals surface area contributed by atoms with Gasteiger partial charge >= 0.3 is 0 Å². The lowest BCUT2D eigenvalue weighted by atomic mass is 10.1. The van der Waals surface area contributed by atoms with Crippen LogP contribution in [0, 0.1) is 5.82 Å². The molecule has 3 aromatic heterocycles. The second-order valence-electron chi connectivity index (χ2n) is 6.77. The molecular weight excluding hydrogens is 395 g/mol. The zero-order chi connectivity index (χ0) is 21.2. The third-order valence-corrected chi connectivity index (χ3v) is 4.72. The van der Waals surface area contributed by atoms with Crippen molar-refractivity contribution in [1.29, 1.82) is 0 Å². The Labute approximate surface area is 176 Å². The van der Waals surface area contributed by atoms with Crippen LogP contribution < -0.4 is 5.32 Å². The normalized spacial score (nSPS) is 10.9. The van der Waals surface area contributed by atoms with Crippen molar-refractivity contribution in [2.75, 3.05) is 5.32 Å². The highest BCUT2D eigenvalue weighted by Crippen LogP contribution is 2.23. The highest BCUT2D eigenvalue weighted by molar-refractivity contribution is 6.04. The molecule has 0 bridgehead atoms. The number of hydrogen-bond acceptors (Lipinski definition) is 5. The molecular formula is C23H15FN6O. The van der Waals surface area contributed by atoms with Crippen LogP contribution in [0.4, 0.5) is 10.1 Å². The Balaban J connectivity index is 1.48. The molecule has 0 atom stereocenters. The molecule has 2 aromatic carbocycles. The van der Waals surface area contributed by atoms with E-state index in [9.17, 15) is 9.18 Å². The van der Waals surface area contributed by atoms with Gasteiger partial charge in [-0.2, -0.15) is 9.61 Å². The van der Waals surface area contributed by atoms with E-state index in [0.29, 0.717) is 22.9 Å². The monoisotopic (exact) mass is 410 g/mol. The van der Waals surface area contributed by atoms with E-state index in [4.69, 9.17) is 0 Å². The Morgan fingerprint density at radius 1 is 0.903 bits per heavy atom. The molecule has 5 rings (SSSR count). The average Bonchev–Trinajstić information content (AvgIpc) is 3.23. The van der Waals surface area contributed by atoms with Crippen molar-refractivity contribution in [2.45, 2.75) is 0 Å². The molecule has 0 unspecified atom stereocenters. The van der Waals surface area contributed by atoms with E-state index in [1.165, 1.54) is 12.1 Å². The van der Waals surface area contributed by atoms with Crippen molar-refractivity contribution in [1.82, 2.24) is 24.8 Å². The maximum atomic E-state index is 13.9. The van der Waals surface area contributed by atoms with Gasteiger partial charge in [-0.05, 0) is 48.5 Å². The third-order valence-electron chi connectivity index (χ3n) is 4.72. The van der Waals surface area contributed by atoms with E-state index in [0.717, 1.165) is 11.1 Å². The van der Waals surface area contributed by atoms with Gasteiger partial charge in [-0.15, -0.1) is 10.2 Å². The number of halogens is 1. The van der Waals surface area contributed by atoms with Gasteiger partial charge in [0.15, 0.2) is 11.5 Å². The summed E-state index contributed by atoms with van der Waals surface area (Å²) in [6.07, 6.45) is 3.39. The first-order valence-corrected chi connectivity index (χ1v) is 9.48. The Hall–Kier alpha value is -4.46. The van der Waals surface area contributed by atoms with E-state index in [1.54, 1.807) is 47.2 Å². The van der Waals surface area contributed by atoms with Gasteiger partial charge in [0.2, 0.25) is 0 Å². The van der Waals surface area contributed by atoms with Crippen LogP contribution in [0.3, 0.4) is 0 Å². The van der Waals surface area contributed by atoms with Crippen molar-refractivity contribution in [3.05, 3.63) is 96.6 Å². The number of hydrogen-bond donors (Lipinski definition) is 1. The minimum absolute atomic E-state index is 0.0157. The minimum Gasteiger partial charge on any atom is -0.322 e. The Morgan fingerprint density at radius 3 is 2.61 bits per heavy atom. The molecule has 150 valence electrons. The second kappa shape index (κ2) is 7.75. The molecule has 1 N–H and O–H groups in total. The predicted octanol–water partition coefficient (Wildman–Crippen LogP) is 4.24. The first kappa shape index (κ1) is 18.6. The average molecular weight is 410 g/mol. The number of amides is 1. The molecule has 0 aliphatic carbocycles. The smallest absolute Gasteiger partial charge is 0.258 e. The third kappa shape index (κ3) is 3.62. The summed E-state index contributed by atoms with van der Waals surface area (Å²) in [7, 11) is 0. The topological polar surface area (TPSA) is 85.1 Å². The number of nitrogens with zero attached hydrogens (tertiary/aromatic N) is 5. The highest BCUT2D eigenvalue weighted by Gasteiger charge is 2.13. The molecule has 0 spiro atoms. The standard InChI is InChI=1S/C23H15FN6O/c24-19-9-2-1-8-18(19)23(31)26-17-7-3-5-15(13-17)20-10-11-21-27-28-22(30(21)29-20)16-6-4-12-25-14-16/h1-14H,(H,26,31). The van der Waals surface area contributed by atoms with Crippen molar-refractivity contribution in [3.63, 3.8) is 0 Å². The maximum absolute atomic E-state index is 13.9. The Kier molecular flexibility index (Phi) is 4.64. The minimum atomic E-state index is -0.571. The number of anilines is 1. The summed E-state index contributed by atoms with van der Waals surface area (Å²) < 4.78 is 15.5. The first-order chi connectivity index (χ1) is 15.2.